The molecular weight excluding hydrogens is 240 g/mol. The summed E-state index contributed by atoms with van der Waals surface area (Å²) < 4.78 is 4.90. The minimum Gasteiger partial charge on any atom is -0.478 e. The van der Waals surface area contributed by atoms with Gasteiger partial charge in [0.1, 0.15) is 5.69 Å². The van der Waals surface area contributed by atoms with Crippen LogP contribution in [0.15, 0.2) is 18.2 Å². The lowest BCUT2D eigenvalue weighted by atomic mass is 10.1. The number of carbonyl (C=O) groups is 1. The summed E-state index contributed by atoms with van der Waals surface area (Å²) in [6, 6.07) is 3.67. The van der Waals surface area contributed by atoms with Crippen molar-refractivity contribution < 1.29 is 19.6 Å². The van der Waals surface area contributed by atoms with Crippen LogP contribution in [0.3, 0.4) is 0 Å². The monoisotopic (exact) mass is 254 g/mol. The van der Waals surface area contributed by atoms with Crippen LogP contribution in [-0.4, -0.2) is 35.8 Å². The van der Waals surface area contributed by atoms with E-state index < -0.39 is 10.9 Å². The molecule has 0 saturated carbocycles. The number of rotatable bonds is 6. The molecule has 1 aromatic rings. The molecule has 7 heteroatoms. The first kappa shape index (κ1) is 13.9. The lowest BCUT2D eigenvalue weighted by molar-refractivity contribution is -0.384. The Bertz CT molecular complexity index is 428. The van der Waals surface area contributed by atoms with Gasteiger partial charge in [0.05, 0.1) is 17.1 Å². The largest absolute Gasteiger partial charge is 0.478 e. The van der Waals surface area contributed by atoms with Gasteiger partial charge < -0.3 is 15.2 Å². The van der Waals surface area contributed by atoms with Crippen molar-refractivity contribution in [1.29, 1.82) is 0 Å². The van der Waals surface area contributed by atoms with Crippen LogP contribution in [0, 0.1) is 10.1 Å². The van der Waals surface area contributed by atoms with Crippen molar-refractivity contribution >= 4 is 17.3 Å². The van der Waals surface area contributed by atoms with Gasteiger partial charge in [-0.2, -0.15) is 0 Å². The summed E-state index contributed by atoms with van der Waals surface area (Å²) in [6.07, 6.45) is 0. The number of aromatic carboxylic acids is 1. The van der Waals surface area contributed by atoms with Crippen LogP contribution < -0.4 is 5.32 Å². The number of carboxylic acids is 1. The van der Waals surface area contributed by atoms with Crippen molar-refractivity contribution in [3.8, 4) is 0 Å². The van der Waals surface area contributed by atoms with E-state index in [1.807, 2.05) is 0 Å². The Labute approximate surface area is 104 Å². The second-order valence-corrected chi connectivity index (χ2v) is 3.76. The molecule has 0 aliphatic carbocycles. The number of hydrogen-bond donors (Lipinski definition) is 2. The van der Waals surface area contributed by atoms with E-state index >= 15 is 0 Å². The second-order valence-electron chi connectivity index (χ2n) is 3.76. The van der Waals surface area contributed by atoms with Crippen molar-refractivity contribution in [2.45, 2.75) is 13.0 Å². The van der Waals surface area contributed by atoms with Crippen molar-refractivity contribution in [3.63, 3.8) is 0 Å². The quantitative estimate of drug-likeness (QED) is 0.592. The van der Waals surface area contributed by atoms with Gasteiger partial charge in [-0.1, -0.05) is 6.07 Å². The number of benzene rings is 1. The van der Waals surface area contributed by atoms with E-state index in [1.54, 1.807) is 6.92 Å². The fourth-order valence-electron chi connectivity index (χ4n) is 1.56. The Hall–Kier alpha value is -2.15. The van der Waals surface area contributed by atoms with Crippen molar-refractivity contribution in [2.75, 3.05) is 19.0 Å². The molecule has 1 atom stereocenters. The average molecular weight is 254 g/mol. The first-order valence-electron chi connectivity index (χ1n) is 5.23. The molecule has 1 aromatic carbocycles. The zero-order valence-corrected chi connectivity index (χ0v) is 10.0. The van der Waals surface area contributed by atoms with Gasteiger partial charge in [0.25, 0.3) is 5.69 Å². The number of para-hydroxylation sites is 1. The molecule has 0 bridgehead atoms. The Morgan fingerprint density at radius 2 is 2.28 bits per heavy atom. The Morgan fingerprint density at radius 1 is 1.61 bits per heavy atom. The molecule has 1 rings (SSSR count). The zero-order chi connectivity index (χ0) is 13.7. The number of hydrogen-bond acceptors (Lipinski definition) is 5. The molecule has 0 fully saturated rings. The van der Waals surface area contributed by atoms with Gasteiger partial charge in [-0.3, -0.25) is 10.1 Å². The summed E-state index contributed by atoms with van der Waals surface area (Å²) in [5.41, 5.74) is -0.399. The van der Waals surface area contributed by atoms with Gasteiger partial charge in [-0.05, 0) is 13.0 Å². The molecule has 0 radical (unpaired) electrons. The number of nitro benzene ring substituents is 1. The number of anilines is 1. The normalized spacial score (nSPS) is 11.9. The molecular formula is C11H14N2O5. The van der Waals surface area contributed by atoms with Crippen LogP contribution in [0.2, 0.25) is 0 Å². The van der Waals surface area contributed by atoms with Gasteiger partial charge in [0.15, 0.2) is 0 Å². The van der Waals surface area contributed by atoms with Crippen LogP contribution in [0.25, 0.3) is 0 Å². The van der Waals surface area contributed by atoms with E-state index in [1.165, 1.54) is 25.3 Å². The summed E-state index contributed by atoms with van der Waals surface area (Å²) in [6.45, 7) is 2.05. The lowest BCUT2D eigenvalue weighted by Gasteiger charge is -2.15. The smallest absolute Gasteiger partial charge is 0.338 e. The molecule has 0 amide bonds. The summed E-state index contributed by atoms with van der Waals surface area (Å²) in [7, 11) is 1.50. The second kappa shape index (κ2) is 5.97. The van der Waals surface area contributed by atoms with Crippen LogP contribution in [-0.2, 0) is 4.74 Å². The Kier molecular flexibility index (Phi) is 4.61. The molecule has 18 heavy (non-hydrogen) atoms. The molecule has 0 spiro atoms. The molecule has 2 N–H and O–H groups in total. The summed E-state index contributed by atoms with van der Waals surface area (Å²) in [4.78, 5) is 21.3. The minimum atomic E-state index is -1.22. The number of ether oxygens (including phenoxy) is 1. The van der Waals surface area contributed by atoms with Gasteiger partial charge in [-0.15, -0.1) is 0 Å². The highest BCUT2D eigenvalue weighted by atomic mass is 16.6. The highest BCUT2D eigenvalue weighted by molar-refractivity contribution is 5.96. The molecule has 1 unspecified atom stereocenters. The Balaban J connectivity index is 3.18. The highest BCUT2D eigenvalue weighted by Gasteiger charge is 2.22. The molecule has 7 nitrogen and oxygen atoms in total. The molecule has 98 valence electrons. The highest BCUT2D eigenvalue weighted by Crippen LogP contribution is 2.28. The molecule has 0 heterocycles. The van der Waals surface area contributed by atoms with Crippen molar-refractivity contribution in [2.24, 2.45) is 0 Å². The van der Waals surface area contributed by atoms with Crippen LogP contribution in [0.5, 0.6) is 0 Å². The van der Waals surface area contributed by atoms with Gasteiger partial charge >= 0.3 is 5.97 Å². The number of nitrogens with zero attached hydrogens (tertiary/aromatic N) is 1. The topological polar surface area (TPSA) is 102 Å². The maximum atomic E-state index is 11.0. The first-order chi connectivity index (χ1) is 8.47. The summed E-state index contributed by atoms with van der Waals surface area (Å²) >= 11 is 0. The van der Waals surface area contributed by atoms with Crippen LogP contribution >= 0.6 is 0 Å². The van der Waals surface area contributed by atoms with Gasteiger partial charge in [0, 0.05) is 19.2 Å². The lowest BCUT2D eigenvalue weighted by Crippen LogP contribution is -2.23. The van der Waals surface area contributed by atoms with E-state index in [0.717, 1.165) is 0 Å². The number of carboxylic acid groups (broad SMARTS) is 1. The van der Waals surface area contributed by atoms with Crippen molar-refractivity contribution in [3.05, 3.63) is 33.9 Å². The predicted octanol–water partition coefficient (Wildman–Crippen LogP) is 1.74. The van der Waals surface area contributed by atoms with Crippen molar-refractivity contribution in [1.82, 2.24) is 0 Å². The van der Waals surface area contributed by atoms with E-state index in [9.17, 15) is 14.9 Å². The first-order valence-corrected chi connectivity index (χ1v) is 5.23. The molecule has 0 aliphatic heterocycles. The fraction of sp³-hybridized carbons (Fsp3) is 0.364. The number of nitrogens with one attached hydrogen (secondary N) is 1. The van der Waals surface area contributed by atoms with E-state index in [-0.39, 0.29) is 23.0 Å². The van der Waals surface area contributed by atoms with Gasteiger partial charge in [0.2, 0.25) is 0 Å². The summed E-state index contributed by atoms with van der Waals surface area (Å²) in [5.74, 6) is -1.22. The zero-order valence-electron chi connectivity index (χ0n) is 10.0. The maximum Gasteiger partial charge on any atom is 0.338 e. The van der Waals surface area contributed by atoms with Gasteiger partial charge in [-0.25, -0.2) is 4.79 Å². The maximum absolute atomic E-state index is 11.0. The standard InChI is InChI=1S/C11H14N2O5/c1-7(6-18-2)12-10-8(11(14)15)4-3-5-9(10)13(16)17/h3-5,7,12H,6H2,1-2H3,(H,14,15). The van der Waals surface area contributed by atoms with Crippen LogP contribution in [0.4, 0.5) is 11.4 Å². The number of methoxy groups -OCH3 is 1. The van der Waals surface area contributed by atoms with E-state index in [0.29, 0.717) is 6.61 Å². The molecule has 0 aromatic heterocycles. The minimum absolute atomic E-state index is 0.000417. The fourth-order valence-corrected chi connectivity index (χ4v) is 1.56. The average Bonchev–Trinajstić information content (AvgIpc) is 2.28. The third-order valence-electron chi connectivity index (χ3n) is 2.28. The third kappa shape index (κ3) is 3.17. The van der Waals surface area contributed by atoms with E-state index in [4.69, 9.17) is 9.84 Å². The summed E-state index contributed by atoms with van der Waals surface area (Å²) in [5, 5.41) is 22.7. The van der Waals surface area contributed by atoms with E-state index in [2.05, 4.69) is 5.32 Å². The molecule has 0 saturated heterocycles. The Morgan fingerprint density at radius 3 is 2.78 bits per heavy atom. The SMILES string of the molecule is COCC(C)Nc1c(C(=O)O)cccc1[N+](=O)[O-]. The molecule has 0 aliphatic rings. The third-order valence-corrected chi connectivity index (χ3v) is 2.28. The van der Waals surface area contributed by atoms with Crippen LogP contribution in [0.1, 0.15) is 17.3 Å². The predicted molar refractivity (Wildman–Crippen MR) is 65.0 cm³/mol. The number of nitro groups is 1.